The Morgan fingerprint density at radius 2 is 2.22 bits per heavy atom. The monoisotopic (exact) mass is 312 g/mol. The second-order valence-corrected chi connectivity index (χ2v) is 6.07. The van der Waals surface area contributed by atoms with E-state index in [2.05, 4.69) is 21.2 Å². The molecule has 5 heteroatoms. The Labute approximate surface area is 115 Å². The lowest BCUT2D eigenvalue weighted by Crippen LogP contribution is -2.61. The summed E-state index contributed by atoms with van der Waals surface area (Å²) >= 11 is 3.39. The number of benzene rings is 1. The van der Waals surface area contributed by atoms with Gasteiger partial charge in [-0.15, -0.1) is 0 Å². The smallest absolute Gasteiger partial charge is 0.238 e. The summed E-state index contributed by atoms with van der Waals surface area (Å²) in [6, 6.07) is 5.74. The van der Waals surface area contributed by atoms with Crippen LogP contribution in [0.25, 0.3) is 0 Å². The van der Waals surface area contributed by atoms with Crippen molar-refractivity contribution in [1.82, 2.24) is 4.90 Å². The molecule has 98 valence electrons. The highest BCUT2D eigenvalue weighted by Gasteiger charge is 2.37. The maximum Gasteiger partial charge on any atom is 0.238 e. The van der Waals surface area contributed by atoms with Gasteiger partial charge in [-0.1, -0.05) is 15.9 Å². The highest BCUT2D eigenvalue weighted by Crippen LogP contribution is 2.21. The van der Waals surface area contributed by atoms with Crippen molar-refractivity contribution < 1.29 is 9.90 Å². The van der Waals surface area contributed by atoms with Gasteiger partial charge in [-0.05, 0) is 37.6 Å². The zero-order chi connectivity index (χ0) is 13.3. The number of carbonyl (C=O) groups excluding carboxylic acids is 1. The molecule has 1 heterocycles. The number of nitrogens with one attached hydrogen (secondary N) is 1. The van der Waals surface area contributed by atoms with Gasteiger partial charge in [-0.2, -0.15) is 0 Å². The fourth-order valence-electron chi connectivity index (χ4n) is 2.19. The van der Waals surface area contributed by atoms with Gasteiger partial charge in [0.1, 0.15) is 0 Å². The van der Waals surface area contributed by atoms with E-state index in [-0.39, 0.29) is 5.91 Å². The zero-order valence-corrected chi connectivity index (χ0v) is 12.1. The molecular formula is C13H17BrN2O2. The first kappa shape index (κ1) is 13.5. The molecule has 18 heavy (non-hydrogen) atoms. The molecule has 0 bridgehead atoms. The number of aryl methyl sites for hydroxylation is 1. The minimum Gasteiger partial charge on any atom is -0.388 e. The number of halogens is 1. The molecule has 1 aromatic carbocycles. The van der Waals surface area contributed by atoms with Gasteiger partial charge in [0.2, 0.25) is 5.91 Å². The predicted octanol–water partition coefficient (Wildman–Crippen LogP) is 1.76. The highest BCUT2D eigenvalue weighted by molar-refractivity contribution is 9.10. The van der Waals surface area contributed by atoms with E-state index in [4.69, 9.17) is 0 Å². The van der Waals surface area contributed by atoms with Crippen molar-refractivity contribution in [3.63, 3.8) is 0 Å². The van der Waals surface area contributed by atoms with Crippen LogP contribution in [0.15, 0.2) is 22.7 Å². The average Bonchev–Trinajstić information content (AvgIpc) is 2.19. The quantitative estimate of drug-likeness (QED) is 0.894. The van der Waals surface area contributed by atoms with E-state index < -0.39 is 5.60 Å². The molecule has 1 aliphatic heterocycles. The van der Waals surface area contributed by atoms with Gasteiger partial charge in [0, 0.05) is 23.2 Å². The van der Waals surface area contributed by atoms with Crippen molar-refractivity contribution in [2.45, 2.75) is 19.4 Å². The number of aliphatic hydroxyl groups is 1. The first-order valence-electron chi connectivity index (χ1n) is 5.86. The van der Waals surface area contributed by atoms with E-state index >= 15 is 0 Å². The Bertz CT molecular complexity index is 466. The van der Waals surface area contributed by atoms with E-state index in [9.17, 15) is 9.90 Å². The van der Waals surface area contributed by atoms with E-state index in [1.807, 2.05) is 30.0 Å². The number of likely N-dealkylation sites (tertiary alicyclic amines) is 1. The number of anilines is 1. The van der Waals surface area contributed by atoms with E-state index in [0.717, 1.165) is 15.7 Å². The number of amides is 1. The summed E-state index contributed by atoms with van der Waals surface area (Å²) in [5.74, 6) is -0.0454. The number of carbonyl (C=O) groups is 1. The summed E-state index contributed by atoms with van der Waals surface area (Å²) in [5, 5.41) is 12.5. The SMILES string of the molecule is Cc1cc(Br)ccc1NC(=O)CN1CC(C)(O)C1. The molecule has 4 nitrogen and oxygen atoms in total. The van der Waals surface area contributed by atoms with Crippen molar-refractivity contribution in [3.8, 4) is 0 Å². The maximum absolute atomic E-state index is 11.8. The topological polar surface area (TPSA) is 52.6 Å². The maximum atomic E-state index is 11.8. The third-order valence-corrected chi connectivity index (χ3v) is 3.45. The van der Waals surface area contributed by atoms with Crippen LogP contribution in [0.2, 0.25) is 0 Å². The van der Waals surface area contributed by atoms with Crippen molar-refractivity contribution in [2.75, 3.05) is 25.0 Å². The second-order valence-electron chi connectivity index (χ2n) is 5.15. The average molecular weight is 313 g/mol. The first-order chi connectivity index (χ1) is 8.35. The Balaban J connectivity index is 1.88. The Hall–Kier alpha value is -0.910. The Morgan fingerprint density at radius 3 is 2.78 bits per heavy atom. The van der Waals surface area contributed by atoms with E-state index in [0.29, 0.717) is 19.6 Å². The standard InChI is InChI=1S/C13H17BrN2O2/c1-9-5-10(14)3-4-11(9)15-12(17)6-16-7-13(2,18)8-16/h3-5,18H,6-8H2,1-2H3,(H,15,17). The third-order valence-electron chi connectivity index (χ3n) is 2.96. The van der Waals surface area contributed by atoms with Crippen LogP contribution < -0.4 is 5.32 Å². The third kappa shape index (κ3) is 3.31. The molecule has 1 amide bonds. The van der Waals surface area contributed by atoms with Gasteiger partial charge in [-0.25, -0.2) is 0 Å². The highest BCUT2D eigenvalue weighted by atomic mass is 79.9. The normalized spacial score (nSPS) is 18.2. The summed E-state index contributed by atoms with van der Waals surface area (Å²) in [6.45, 7) is 5.17. The number of β-amino-alcohol motifs (C(OH)–C–C–N with tert-alkyl or cyclic N) is 1. The molecule has 0 aliphatic carbocycles. The van der Waals surface area contributed by atoms with Crippen LogP contribution in [-0.2, 0) is 4.79 Å². The van der Waals surface area contributed by atoms with Crippen LogP contribution in [0.1, 0.15) is 12.5 Å². The fraction of sp³-hybridized carbons (Fsp3) is 0.462. The molecule has 1 aromatic rings. The van der Waals surface area contributed by atoms with Crippen LogP contribution >= 0.6 is 15.9 Å². The van der Waals surface area contributed by atoms with Crippen molar-refractivity contribution in [2.24, 2.45) is 0 Å². The van der Waals surface area contributed by atoms with Crippen LogP contribution in [0.5, 0.6) is 0 Å². The second kappa shape index (κ2) is 4.99. The summed E-state index contributed by atoms with van der Waals surface area (Å²) in [6.07, 6.45) is 0. The van der Waals surface area contributed by atoms with Gasteiger partial charge in [0.25, 0.3) is 0 Å². The van der Waals surface area contributed by atoms with E-state index in [1.54, 1.807) is 6.92 Å². The number of hydrogen-bond acceptors (Lipinski definition) is 3. The molecule has 2 rings (SSSR count). The molecule has 1 fully saturated rings. The van der Waals surface area contributed by atoms with Crippen molar-refractivity contribution in [3.05, 3.63) is 28.2 Å². The Morgan fingerprint density at radius 1 is 1.56 bits per heavy atom. The summed E-state index contributed by atoms with van der Waals surface area (Å²) in [7, 11) is 0. The zero-order valence-electron chi connectivity index (χ0n) is 10.5. The summed E-state index contributed by atoms with van der Waals surface area (Å²) in [4.78, 5) is 13.7. The lowest BCUT2D eigenvalue weighted by molar-refractivity contribution is -0.125. The fourth-order valence-corrected chi connectivity index (χ4v) is 2.66. The minimum absolute atomic E-state index is 0.0454. The summed E-state index contributed by atoms with van der Waals surface area (Å²) < 4.78 is 0.997. The van der Waals surface area contributed by atoms with Crippen LogP contribution in [-0.4, -0.2) is 41.1 Å². The number of hydrogen-bond donors (Lipinski definition) is 2. The summed E-state index contributed by atoms with van der Waals surface area (Å²) in [5.41, 5.74) is 1.22. The lowest BCUT2D eigenvalue weighted by Gasteiger charge is -2.43. The lowest BCUT2D eigenvalue weighted by atomic mass is 9.97. The van der Waals surface area contributed by atoms with Crippen LogP contribution in [0.4, 0.5) is 5.69 Å². The van der Waals surface area contributed by atoms with Crippen LogP contribution in [0.3, 0.4) is 0 Å². The van der Waals surface area contributed by atoms with Gasteiger partial charge in [0.15, 0.2) is 0 Å². The molecule has 0 saturated carbocycles. The molecule has 1 saturated heterocycles. The van der Waals surface area contributed by atoms with Crippen molar-refractivity contribution >= 4 is 27.5 Å². The molecule has 0 radical (unpaired) electrons. The first-order valence-corrected chi connectivity index (χ1v) is 6.66. The van der Waals surface area contributed by atoms with Crippen molar-refractivity contribution in [1.29, 1.82) is 0 Å². The number of nitrogens with zero attached hydrogens (tertiary/aromatic N) is 1. The molecule has 0 aromatic heterocycles. The van der Waals surface area contributed by atoms with Gasteiger partial charge in [-0.3, -0.25) is 9.69 Å². The molecule has 0 atom stereocenters. The molecule has 0 unspecified atom stereocenters. The largest absolute Gasteiger partial charge is 0.388 e. The van der Waals surface area contributed by atoms with Gasteiger partial charge in [0.05, 0.1) is 12.1 Å². The van der Waals surface area contributed by atoms with Crippen LogP contribution in [0, 0.1) is 6.92 Å². The Kier molecular flexibility index (Phi) is 3.75. The van der Waals surface area contributed by atoms with Gasteiger partial charge < -0.3 is 10.4 Å². The minimum atomic E-state index is -0.631. The van der Waals surface area contributed by atoms with Gasteiger partial charge >= 0.3 is 0 Å². The predicted molar refractivity (Wildman–Crippen MR) is 74.6 cm³/mol. The molecule has 2 N–H and O–H groups in total. The molecular weight excluding hydrogens is 296 g/mol. The van der Waals surface area contributed by atoms with E-state index in [1.165, 1.54) is 0 Å². The number of rotatable bonds is 3. The molecule has 1 aliphatic rings. The molecule has 0 spiro atoms.